The van der Waals surface area contributed by atoms with Crippen LogP contribution in [0.5, 0.6) is 0 Å². The number of rotatable bonds is 8. The van der Waals surface area contributed by atoms with Gasteiger partial charge in [0, 0.05) is 6.42 Å². The number of carbonyl (C=O) groups is 1. The molecule has 96 valence electrons. The highest BCUT2D eigenvalue weighted by Gasteiger charge is 2.31. The summed E-state index contributed by atoms with van der Waals surface area (Å²) < 4.78 is 28.7. The van der Waals surface area contributed by atoms with Gasteiger partial charge in [-0.05, 0) is 12.8 Å². The summed E-state index contributed by atoms with van der Waals surface area (Å²) in [5, 5.41) is 8.25. The smallest absolute Gasteiger partial charge is 0.481 e. The van der Waals surface area contributed by atoms with Gasteiger partial charge in [0.1, 0.15) is 0 Å². The SMILES string of the molecule is O=C(O)CCCCOP(=O)(O)OP(=O)(O)O. The minimum atomic E-state index is -5.09. The first-order valence-corrected chi connectivity index (χ1v) is 7.11. The predicted molar refractivity (Wildman–Crippen MR) is 50.4 cm³/mol. The van der Waals surface area contributed by atoms with E-state index in [9.17, 15) is 13.9 Å². The van der Waals surface area contributed by atoms with Crippen LogP contribution in [0.1, 0.15) is 19.3 Å². The van der Waals surface area contributed by atoms with Crippen molar-refractivity contribution in [2.24, 2.45) is 0 Å². The average molecular weight is 278 g/mol. The van der Waals surface area contributed by atoms with Crippen LogP contribution in [0.4, 0.5) is 0 Å². The molecule has 0 saturated carbocycles. The van der Waals surface area contributed by atoms with E-state index < -0.39 is 21.6 Å². The molecule has 0 saturated heterocycles. The molecule has 4 N–H and O–H groups in total. The second-order valence-electron chi connectivity index (χ2n) is 2.72. The number of phosphoric ester groups is 1. The van der Waals surface area contributed by atoms with E-state index in [-0.39, 0.29) is 25.9 Å². The lowest BCUT2D eigenvalue weighted by Gasteiger charge is -2.11. The number of hydrogen-bond donors (Lipinski definition) is 4. The largest absolute Gasteiger partial charge is 0.481 e. The quantitative estimate of drug-likeness (QED) is 0.366. The van der Waals surface area contributed by atoms with Gasteiger partial charge in [-0.1, -0.05) is 0 Å². The number of phosphoric acid groups is 2. The fourth-order valence-corrected chi connectivity index (χ4v) is 2.34. The van der Waals surface area contributed by atoms with Crippen molar-refractivity contribution in [3.8, 4) is 0 Å². The molecule has 0 radical (unpaired) electrons. The van der Waals surface area contributed by atoms with Crippen molar-refractivity contribution < 1.29 is 42.5 Å². The topological polar surface area (TPSA) is 151 Å². The van der Waals surface area contributed by atoms with Crippen LogP contribution in [0.15, 0.2) is 0 Å². The summed E-state index contributed by atoms with van der Waals surface area (Å²) in [5.41, 5.74) is 0. The Balaban J connectivity index is 3.79. The van der Waals surface area contributed by atoms with E-state index in [2.05, 4.69) is 8.83 Å². The second-order valence-corrected chi connectivity index (χ2v) is 5.55. The number of carboxylic acid groups (broad SMARTS) is 1. The van der Waals surface area contributed by atoms with E-state index in [1.165, 1.54) is 0 Å². The first-order valence-electron chi connectivity index (χ1n) is 4.08. The van der Waals surface area contributed by atoms with Crippen molar-refractivity contribution in [3.63, 3.8) is 0 Å². The van der Waals surface area contributed by atoms with Gasteiger partial charge in [0.2, 0.25) is 0 Å². The van der Waals surface area contributed by atoms with Gasteiger partial charge in [0.15, 0.2) is 0 Å². The number of unbranched alkanes of at least 4 members (excludes halogenated alkanes) is 1. The van der Waals surface area contributed by atoms with Crippen molar-refractivity contribution in [1.82, 2.24) is 0 Å². The summed E-state index contributed by atoms with van der Waals surface area (Å²) >= 11 is 0. The highest BCUT2D eigenvalue weighted by molar-refractivity contribution is 7.60. The van der Waals surface area contributed by atoms with Crippen LogP contribution in [-0.2, 0) is 22.8 Å². The molecular weight excluding hydrogens is 266 g/mol. The molecule has 1 atom stereocenters. The molecule has 0 aliphatic carbocycles. The van der Waals surface area contributed by atoms with Gasteiger partial charge in [-0.15, -0.1) is 0 Å². The van der Waals surface area contributed by atoms with Gasteiger partial charge in [-0.25, -0.2) is 9.13 Å². The minimum absolute atomic E-state index is 0.127. The molecule has 0 aromatic heterocycles. The van der Waals surface area contributed by atoms with Gasteiger partial charge in [0.05, 0.1) is 6.61 Å². The molecule has 1 unspecified atom stereocenters. The molecule has 0 aliphatic heterocycles. The van der Waals surface area contributed by atoms with Gasteiger partial charge in [-0.3, -0.25) is 9.32 Å². The molecule has 0 spiro atoms. The number of aliphatic carboxylic acids is 1. The Kier molecular flexibility index (Phi) is 6.35. The molecule has 16 heavy (non-hydrogen) atoms. The number of hydrogen-bond acceptors (Lipinski definition) is 5. The lowest BCUT2D eigenvalue weighted by atomic mass is 10.2. The van der Waals surface area contributed by atoms with E-state index in [1.807, 2.05) is 0 Å². The van der Waals surface area contributed by atoms with Gasteiger partial charge < -0.3 is 19.8 Å². The predicted octanol–water partition coefficient (Wildman–Crippen LogP) is 0.468. The molecule has 0 fully saturated rings. The first kappa shape index (κ1) is 15.7. The molecule has 0 aromatic rings. The Morgan fingerprint density at radius 3 is 2.12 bits per heavy atom. The van der Waals surface area contributed by atoms with E-state index in [1.54, 1.807) is 0 Å². The van der Waals surface area contributed by atoms with Crippen LogP contribution in [0.3, 0.4) is 0 Å². The summed E-state index contributed by atoms with van der Waals surface area (Å²) in [6, 6.07) is 0. The number of carboxylic acids is 1. The molecule has 0 aliphatic rings. The minimum Gasteiger partial charge on any atom is -0.481 e. The van der Waals surface area contributed by atoms with Crippen LogP contribution in [0.2, 0.25) is 0 Å². The van der Waals surface area contributed by atoms with Crippen LogP contribution >= 0.6 is 15.6 Å². The lowest BCUT2D eigenvalue weighted by Crippen LogP contribution is -1.98. The molecule has 0 heterocycles. The third kappa shape index (κ3) is 10.3. The fraction of sp³-hybridized carbons (Fsp3) is 0.800. The Labute approximate surface area is 90.9 Å². The summed E-state index contributed by atoms with van der Waals surface area (Å²) in [6.45, 7) is -0.332. The lowest BCUT2D eigenvalue weighted by molar-refractivity contribution is -0.137. The second kappa shape index (κ2) is 6.46. The summed E-state index contributed by atoms with van der Waals surface area (Å²) in [4.78, 5) is 35.3. The molecule has 0 rings (SSSR count). The molecule has 0 amide bonds. The van der Waals surface area contributed by atoms with Gasteiger partial charge in [0.25, 0.3) is 0 Å². The van der Waals surface area contributed by atoms with E-state index >= 15 is 0 Å². The summed E-state index contributed by atoms with van der Waals surface area (Å²) in [5.74, 6) is -1.02. The van der Waals surface area contributed by atoms with Crippen molar-refractivity contribution in [1.29, 1.82) is 0 Å². The van der Waals surface area contributed by atoms with Gasteiger partial charge >= 0.3 is 21.6 Å². The van der Waals surface area contributed by atoms with Crippen LogP contribution in [-0.4, -0.2) is 32.4 Å². The van der Waals surface area contributed by atoms with Crippen LogP contribution in [0.25, 0.3) is 0 Å². The highest BCUT2D eigenvalue weighted by atomic mass is 31.3. The zero-order chi connectivity index (χ0) is 12.8. The van der Waals surface area contributed by atoms with Crippen LogP contribution in [0, 0.1) is 0 Å². The zero-order valence-electron chi connectivity index (χ0n) is 8.05. The Morgan fingerprint density at radius 2 is 1.69 bits per heavy atom. The maximum Gasteiger partial charge on any atom is 0.481 e. The summed E-state index contributed by atoms with van der Waals surface area (Å²) in [7, 11) is -9.88. The monoisotopic (exact) mass is 278 g/mol. The van der Waals surface area contributed by atoms with E-state index in [4.69, 9.17) is 19.8 Å². The van der Waals surface area contributed by atoms with Crippen molar-refractivity contribution in [2.75, 3.05) is 6.61 Å². The maximum absolute atomic E-state index is 10.8. The van der Waals surface area contributed by atoms with Gasteiger partial charge in [-0.2, -0.15) is 4.31 Å². The maximum atomic E-state index is 10.8. The van der Waals surface area contributed by atoms with E-state index in [0.29, 0.717) is 0 Å². The van der Waals surface area contributed by atoms with E-state index in [0.717, 1.165) is 0 Å². The Bertz CT molecular complexity index is 320. The first-order chi connectivity index (χ1) is 7.12. The summed E-state index contributed by atoms with van der Waals surface area (Å²) in [6.07, 6.45) is 0.241. The standard InChI is InChI=1S/C5H12O9P2/c6-5(7)3-1-2-4-13-16(11,12)14-15(8,9)10/h1-4H2,(H,6,7)(H,11,12)(H2,8,9,10). The molecule has 0 aromatic carbocycles. The molecule has 11 heteroatoms. The third-order valence-electron chi connectivity index (χ3n) is 1.25. The molecular formula is C5H12O9P2. The van der Waals surface area contributed by atoms with Crippen molar-refractivity contribution in [3.05, 3.63) is 0 Å². The average Bonchev–Trinajstić information content (AvgIpc) is 1.97. The fourth-order valence-electron chi connectivity index (χ4n) is 0.716. The normalized spacial score (nSPS) is 15.7. The Hall–Kier alpha value is -0.270. The zero-order valence-corrected chi connectivity index (χ0v) is 9.84. The highest BCUT2D eigenvalue weighted by Crippen LogP contribution is 2.57. The molecule has 9 nitrogen and oxygen atoms in total. The van der Waals surface area contributed by atoms with Crippen molar-refractivity contribution in [2.45, 2.75) is 19.3 Å². The van der Waals surface area contributed by atoms with Crippen LogP contribution < -0.4 is 0 Å². The Morgan fingerprint density at radius 1 is 1.12 bits per heavy atom. The molecule has 0 bridgehead atoms. The third-order valence-corrected chi connectivity index (χ3v) is 3.43. The van der Waals surface area contributed by atoms with Crippen molar-refractivity contribution >= 4 is 21.6 Å².